The molecule has 0 heterocycles. The number of carbonyl (C=O) groups is 1. The van der Waals surface area contributed by atoms with E-state index in [9.17, 15) is 4.79 Å². The molecule has 0 aromatic heterocycles. The molecule has 5 heteroatoms. The summed E-state index contributed by atoms with van der Waals surface area (Å²) in [6.07, 6.45) is 3.95. The Balaban J connectivity index is 1.89. The first-order chi connectivity index (χ1) is 10.6. The molecular formula is C17H27N3O2. The van der Waals surface area contributed by atoms with E-state index in [-0.39, 0.29) is 11.3 Å². The van der Waals surface area contributed by atoms with Crippen molar-refractivity contribution in [1.82, 2.24) is 4.90 Å². The maximum absolute atomic E-state index is 12.5. The lowest BCUT2D eigenvalue weighted by molar-refractivity contribution is -0.124. The van der Waals surface area contributed by atoms with Crippen molar-refractivity contribution in [1.29, 1.82) is 0 Å². The molecule has 1 fully saturated rings. The van der Waals surface area contributed by atoms with Crippen LogP contribution in [0.15, 0.2) is 24.3 Å². The van der Waals surface area contributed by atoms with Crippen molar-refractivity contribution in [2.75, 3.05) is 39.1 Å². The Morgan fingerprint density at radius 2 is 1.91 bits per heavy atom. The van der Waals surface area contributed by atoms with Crippen molar-refractivity contribution in [3.05, 3.63) is 24.3 Å². The third-order valence-electron chi connectivity index (χ3n) is 4.35. The van der Waals surface area contributed by atoms with Crippen LogP contribution in [0.4, 0.5) is 5.69 Å². The van der Waals surface area contributed by atoms with Crippen LogP contribution in [0.25, 0.3) is 0 Å². The summed E-state index contributed by atoms with van der Waals surface area (Å²) in [7, 11) is 4.02. The van der Waals surface area contributed by atoms with Gasteiger partial charge < -0.3 is 20.7 Å². The van der Waals surface area contributed by atoms with Gasteiger partial charge in [-0.1, -0.05) is 12.8 Å². The predicted molar refractivity (Wildman–Crippen MR) is 89.1 cm³/mol. The highest BCUT2D eigenvalue weighted by Gasteiger charge is 2.39. The molecule has 0 unspecified atom stereocenters. The molecule has 3 N–H and O–H groups in total. The van der Waals surface area contributed by atoms with Crippen LogP contribution in [0.5, 0.6) is 5.75 Å². The highest BCUT2D eigenvalue weighted by Crippen LogP contribution is 2.38. The Morgan fingerprint density at radius 3 is 2.45 bits per heavy atom. The van der Waals surface area contributed by atoms with E-state index in [1.165, 1.54) is 0 Å². The van der Waals surface area contributed by atoms with Crippen LogP contribution in [0.1, 0.15) is 25.7 Å². The van der Waals surface area contributed by atoms with Crippen molar-refractivity contribution < 1.29 is 9.53 Å². The minimum Gasteiger partial charge on any atom is -0.492 e. The molecule has 0 bridgehead atoms. The van der Waals surface area contributed by atoms with Crippen molar-refractivity contribution in [2.45, 2.75) is 25.7 Å². The van der Waals surface area contributed by atoms with Crippen LogP contribution in [0, 0.1) is 5.41 Å². The van der Waals surface area contributed by atoms with Gasteiger partial charge in [0.2, 0.25) is 5.91 Å². The fourth-order valence-corrected chi connectivity index (χ4v) is 2.82. The quantitative estimate of drug-likeness (QED) is 0.809. The Hall–Kier alpha value is -1.59. The van der Waals surface area contributed by atoms with Gasteiger partial charge in [-0.05, 0) is 51.2 Å². The largest absolute Gasteiger partial charge is 0.492 e. The van der Waals surface area contributed by atoms with Crippen molar-refractivity contribution in [2.24, 2.45) is 11.1 Å². The first kappa shape index (κ1) is 16.8. The number of hydrogen-bond acceptors (Lipinski definition) is 4. The van der Waals surface area contributed by atoms with Gasteiger partial charge in [-0.25, -0.2) is 0 Å². The van der Waals surface area contributed by atoms with E-state index in [1.807, 2.05) is 38.4 Å². The zero-order chi connectivity index (χ0) is 16.0. The molecular weight excluding hydrogens is 278 g/mol. The molecule has 22 heavy (non-hydrogen) atoms. The Bertz CT molecular complexity index is 479. The normalized spacial score (nSPS) is 16.7. The van der Waals surface area contributed by atoms with Gasteiger partial charge in [0.25, 0.3) is 0 Å². The van der Waals surface area contributed by atoms with E-state index in [4.69, 9.17) is 10.5 Å². The fourth-order valence-electron chi connectivity index (χ4n) is 2.82. The summed E-state index contributed by atoms with van der Waals surface area (Å²) in [5.41, 5.74) is 6.26. The number of rotatable bonds is 7. The van der Waals surface area contributed by atoms with Crippen molar-refractivity contribution in [3.63, 3.8) is 0 Å². The highest BCUT2D eigenvalue weighted by molar-refractivity contribution is 5.95. The molecule has 0 spiro atoms. The molecule has 0 saturated heterocycles. The number of benzene rings is 1. The monoisotopic (exact) mass is 305 g/mol. The number of nitrogens with two attached hydrogens (primary N) is 1. The Morgan fingerprint density at radius 1 is 1.27 bits per heavy atom. The summed E-state index contributed by atoms with van der Waals surface area (Å²) in [4.78, 5) is 14.5. The third-order valence-corrected chi connectivity index (χ3v) is 4.35. The molecule has 0 atom stereocenters. The van der Waals surface area contributed by atoms with Gasteiger partial charge >= 0.3 is 0 Å². The lowest BCUT2D eigenvalue weighted by Gasteiger charge is -2.25. The maximum Gasteiger partial charge on any atom is 0.231 e. The lowest BCUT2D eigenvalue weighted by atomic mass is 9.85. The van der Waals surface area contributed by atoms with Gasteiger partial charge in [-0.3, -0.25) is 4.79 Å². The van der Waals surface area contributed by atoms with Crippen LogP contribution >= 0.6 is 0 Å². The number of nitrogens with one attached hydrogen (secondary N) is 1. The number of carbonyl (C=O) groups excluding carboxylic acids is 1. The van der Waals surface area contributed by atoms with Crippen molar-refractivity contribution >= 4 is 11.6 Å². The average molecular weight is 305 g/mol. The van der Waals surface area contributed by atoms with Crippen molar-refractivity contribution in [3.8, 4) is 5.75 Å². The molecule has 1 amide bonds. The standard InChI is InChI=1S/C17H27N3O2/c1-20(2)11-12-22-15-7-5-14(6-8-15)19-16(21)17(13-18)9-3-4-10-17/h5-8H,3-4,9-13,18H2,1-2H3,(H,19,21). The molecule has 122 valence electrons. The minimum absolute atomic E-state index is 0.0498. The van der Waals surface area contributed by atoms with E-state index in [0.717, 1.165) is 43.7 Å². The number of likely N-dealkylation sites (N-methyl/N-ethyl adjacent to an activating group) is 1. The molecule has 0 aliphatic heterocycles. The van der Waals surface area contributed by atoms with Crippen LogP contribution in [0.3, 0.4) is 0 Å². The summed E-state index contributed by atoms with van der Waals surface area (Å²) in [5.74, 6) is 0.864. The molecule has 2 rings (SSSR count). The topological polar surface area (TPSA) is 67.6 Å². The zero-order valence-corrected chi connectivity index (χ0v) is 13.6. The maximum atomic E-state index is 12.5. The first-order valence-corrected chi connectivity index (χ1v) is 7.95. The molecule has 1 aromatic carbocycles. The fraction of sp³-hybridized carbons (Fsp3) is 0.588. The van der Waals surface area contributed by atoms with Gasteiger partial charge in [-0.15, -0.1) is 0 Å². The average Bonchev–Trinajstić information content (AvgIpc) is 2.99. The number of ether oxygens (including phenoxy) is 1. The second-order valence-corrected chi connectivity index (χ2v) is 6.32. The number of anilines is 1. The van der Waals surface area contributed by atoms with E-state index in [0.29, 0.717) is 13.2 Å². The number of hydrogen-bond donors (Lipinski definition) is 2. The van der Waals surface area contributed by atoms with Crippen LogP contribution in [0.2, 0.25) is 0 Å². The Kier molecular flexibility index (Phi) is 5.80. The summed E-state index contributed by atoms with van der Waals surface area (Å²) in [6, 6.07) is 7.52. The minimum atomic E-state index is -0.374. The van der Waals surface area contributed by atoms with E-state index in [2.05, 4.69) is 10.2 Å². The molecule has 5 nitrogen and oxygen atoms in total. The summed E-state index contributed by atoms with van der Waals surface area (Å²) < 4.78 is 5.64. The lowest BCUT2D eigenvalue weighted by Crippen LogP contribution is -2.40. The molecule has 1 aliphatic carbocycles. The summed E-state index contributed by atoms with van der Waals surface area (Å²) in [6.45, 7) is 1.94. The third kappa shape index (κ3) is 4.21. The van der Waals surface area contributed by atoms with Gasteiger partial charge in [0.1, 0.15) is 12.4 Å². The van der Waals surface area contributed by atoms with Gasteiger partial charge in [0, 0.05) is 18.8 Å². The highest BCUT2D eigenvalue weighted by atomic mass is 16.5. The van der Waals surface area contributed by atoms with Crippen LogP contribution < -0.4 is 15.8 Å². The summed E-state index contributed by atoms with van der Waals surface area (Å²) >= 11 is 0. The van der Waals surface area contributed by atoms with Gasteiger partial charge in [0.05, 0.1) is 5.41 Å². The first-order valence-electron chi connectivity index (χ1n) is 7.95. The molecule has 1 saturated carbocycles. The Labute approximate surface area is 132 Å². The number of nitrogens with zero attached hydrogens (tertiary/aromatic N) is 1. The second kappa shape index (κ2) is 7.61. The molecule has 1 aliphatic rings. The molecule has 0 radical (unpaired) electrons. The van der Waals surface area contributed by atoms with E-state index < -0.39 is 0 Å². The SMILES string of the molecule is CN(C)CCOc1ccc(NC(=O)C2(CN)CCCC2)cc1. The van der Waals surface area contributed by atoms with E-state index >= 15 is 0 Å². The smallest absolute Gasteiger partial charge is 0.231 e. The van der Waals surface area contributed by atoms with Gasteiger partial charge in [-0.2, -0.15) is 0 Å². The zero-order valence-electron chi connectivity index (χ0n) is 13.6. The van der Waals surface area contributed by atoms with E-state index in [1.54, 1.807) is 0 Å². The van der Waals surface area contributed by atoms with Gasteiger partial charge in [0.15, 0.2) is 0 Å². The number of amides is 1. The second-order valence-electron chi connectivity index (χ2n) is 6.32. The summed E-state index contributed by atoms with van der Waals surface area (Å²) in [5, 5.41) is 2.99. The predicted octanol–water partition coefficient (Wildman–Crippen LogP) is 2.08. The van der Waals surface area contributed by atoms with Crippen LogP contribution in [-0.4, -0.2) is 44.6 Å². The van der Waals surface area contributed by atoms with Crippen LogP contribution in [-0.2, 0) is 4.79 Å². The molecule has 1 aromatic rings.